The van der Waals surface area contributed by atoms with E-state index in [1.165, 1.54) is 6.07 Å². The predicted molar refractivity (Wildman–Crippen MR) is 74.1 cm³/mol. The lowest BCUT2D eigenvalue weighted by atomic mass is 9.92. The van der Waals surface area contributed by atoms with Gasteiger partial charge in [-0.05, 0) is 35.7 Å². The maximum Gasteiger partial charge on any atom is 0.126 e. The minimum Gasteiger partial charge on any atom is -0.396 e. The van der Waals surface area contributed by atoms with Crippen molar-refractivity contribution in [1.82, 2.24) is 0 Å². The Morgan fingerprint density at radius 2 is 1.72 bits per heavy atom. The largest absolute Gasteiger partial charge is 0.396 e. The highest BCUT2D eigenvalue weighted by Gasteiger charge is 2.13. The molecule has 0 amide bonds. The smallest absolute Gasteiger partial charge is 0.126 e. The summed E-state index contributed by atoms with van der Waals surface area (Å²) in [6.45, 7) is 0.00989. The summed E-state index contributed by atoms with van der Waals surface area (Å²) in [6, 6.07) is 14.5. The highest BCUT2D eigenvalue weighted by atomic mass is 79.9. The van der Waals surface area contributed by atoms with E-state index in [0.29, 0.717) is 12.0 Å². The van der Waals surface area contributed by atoms with E-state index in [1.54, 1.807) is 12.1 Å². The lowest BCUT2D eigenvalue weighted by molar-refractivity contribution is 0.263. The normalized spacial score (nSPS) is 12.4. The Morgan fingerprint density at radius 1 is 1.06 bits per heavy atom. The highest BCUT2D eigenvalue weighted by Crippen LogP contribution is 2.23. The SMILES string of the molecule is OCC(Cc1ccccc1F)c1ccc(Br)cc1. The predicted octanol–water partition coefficient (Wildman–Crippen LogP) is 3.91. The Kier molecular flexibility index (Phi) is 4.50. The lowest BCUT2D eigenvalue weighted by Crippen LogP contribution is -2.08. The zero-order valence-electron chi connectivity index (χ0n) is 9.81. The Balaban J connectivity index is 2.20. The number of hydrogen-bond donors (Lipinski definition) is 1. The zero-order chi connectivity index (χ0) is 13.0. The monoisotopic (exact) mass is 308 g/mol. The first kappa shape index (κ1) is 13.2. The first-order chi connectivity index (χ1) is 8.70. The number of benzene rings is 2. The first-order valence-electron chi connectivity index (χ1n) is 5.80. The van der Waals surface area contributed by atoms with E-state index in [4.69, 9.17) is 0 Å². The van der Waals surface area contributed by atoms with Crippen LogP contribution in [-0.4, -0.2) is 11.7 Å². The zero-order valence-corrected chi connectivity index (χ0v) is 11.4. The number of aliphatic hydroxyl groups excluding tert-OH is 1. The molecule has 0 aliphatic rings. The maximum atomic E-state index is 13.6. The van der Waals surface area contributed by atoms with Crippen LogP contribution >= 0.6 is 15.9 Å². The van der Waals surface area contributed by atoms with Crippen LogP contribution in [-0.2, 0) is 6.42 Å². The van der Waals surface area contributed by atoms with Gasteiger partial charge in [-0.3, -0.25) is 0 Å². The van der Waals surface area contributed by atoms with Crippen LogP contribution in [0.15, 0.2) is 53.0 Å². The van der Waals surface area contributed by atoms with Crippen molar-refractivity contribution < 1.29 is 9.50 Å². The molecular weight excluding hydrogens is 295 g/mol. The van der Waals surface area contributed by atoms with Crippen LogP contribution in [0.2, 0.25) is 0 Å². The third-order valence-corrected chi connectivity index (χ3v) is 3.51. The Bertz CT molecular complexity index is 510. The van der Waals surface area contributed by atoms with Gasteiger partial charge in [-0.25, -0.2) is 4.39 Å². The van der Waals surface area contributed by atoms with E-state index in [2.05, 4.69) is 15.9 Å². The van der Waals surface area contributed by atoms with E-state index in [9.17, 15) is 9.50 Å². The van der Waals surface area contributed by atoms with Crippen LogP contribution in [0.5, 0.6) is 0 Å². The molecule has 1 atom stereocenters. The quantitative estimate of drug-likeness (QED) is 0.908. The van der Waals surface area contributed by atoms with Gasteiger partial charge in [0.2, 0.25) is 0 Å². The molecule has 2 aromatic carbocycles. The molecule has 0 radical (unpaired) electrons. The molecule has 18 heavy (non-hydrogen) atoms. The molecular formula is C15H14BrFO. The van der Waals surface area contributed by atoms with Crippen LogP contribution in [0.1, 0.15) is 17.0 Å². The van der Waals surface area contributed by atoms with E-state index in [0.717, 1.165) is 10.0 Å². The summed E-state index contributed by atoms with van der Waals surface area (Å²) >= 11 is 3.37. The van der Waals surface area contributed by atoms with Crippen molar-refractivity contribution >= 4 is 15.9 Å². The van der Waals surface area contributed by atoms with Gasteiger partial charge in [-0.1, -0.05) is 46.3 Å². The Labute approximate surface area is 114 Å². The van der Waals surface area contributed by atoms with E-state index in [1.807, 2.05) is 30.3 Å². The van der Waals surface area contributed by atoms with Crippen LogP contribution in [0.3, 0.4) is 0 Å². The Hall–Kier alpha value is -1.19. The molecule has 3 heteroatoms. The lowest BCUT2D eigenvalue weighted by Gasteiger charge is -2.15. The molecule has 1 N–H and O–H groups in total. The molecule has 1 unspecified atom stereocenters. The molecule has 2 rings (SSSR count). The number of halogens is 2. The third-order valence-electron chi connectivity index (χ3n) is 2.99. The summed E-state index contributed by atoms with van der Waals surface area (Å²) in [6.07, 6.45) is 0.505. The fourth-order valence-electron chi connectivity index (χ4n) is 1.95. The molecule has 2 aromatic rings. The molecule has 0 saturated heterocycles. The number of hydrogen-bond acceptors (Lipinski definition) is 1. The molecule has 0 aliphatic heterocycles. The van der Waals surface area contributed by atoms with E-state index in [-0.39, 0.29) is 18.3 Å². The second-order valence-corrected chi connectivity index (χ2v) is 5.14. The molecule has 0 bridgehead atoms. The molecule has 0 aromatic heterocycles. The van der Waals surface area contributed by atoms with Crippen molar-refractivity contribution in [3.8, 4) is 0 Å². The third kappa shape index (κ3) is 3.18. The first-order valence-corrected chi connectivity index (χ1v) is 6.59. The second kappa shape index (κ2) is 6.12. The molecule has 0 aliphatic carbocycles. The van der Waals surface area contributed by atoms with Gasteiger partial charge in [-0.15, -0.1) is 0 Å². The standard InChI is InChI=1S/C15H14BrFO/c16-14-7-5-11(6-8-14)13(10-18)9-12-3-1-2-4-15(12)17/h1-8,13,18H,9-10H2. The molecule has 0 heterocycles. The van der Waals surface area contributed by atoms with Crippen molar-refractivity contribution in [3.63, 3.8) is 0 Å². The summed E-state index contributed by atoms with van der Waals surface area (Å²) in [4.78, 5) is 0. The molecule has 0 spiro atoms. The minimum atomic E-state index is -0.215. The van der Waals surface area contributed by atoms with Gasteiger partial charge in [0, 0.05) is 10.4 Å². The van der Waals surface area contributed by atoms with Gasteiger partial charge in [0.15, 0.2) is 0 Å². The van der Waals surface area contributed by atoms with Crippen LogP contribution in [0.4, 0.5) is 4.39 Å². The van der Waals surface area contributed by atoms with Gasteiger partial charge in [0.05, 0.1) is 6.61 Å². The van der Waals surface area contributed by atoms with Crippen molar-refractivity contribution in [1.29, 1.82) is 0 Å². The van der Waals surface area contributed by atoms with E-state index >= 15 is 0 Å². The number of rotatable bonds is 4. The molecule has 0 fully saturated rings. The fraction of sp³-hybridized carbons (Fsp3) is 0.200. The number of aliphatic hydroxyl groups is 1. The van der Waals surface area contributed by atoms with Gasteiger partial charge < -0.3 is 5.11 Å². The molecule has 0 saturated carbocycles. The Morgan fingerprint density at radius 3 is 2.33 bits per heavy atom. The topological polar surface area (TPSA) is 20.2 Å². The highest BCUT2D eigenvalue weighted by molar-refractivity contribution is 9.10. The summed E-state index contributed by atoms with van der Waals surface area (Å²) in [5.74, 6) is -0.289. The fourth-order valence-corrected chi connectivity index (χ4v) is 2.22. The van der Waals surface area contributed by atoms with Crippen LogP contribution in [0, 0.1) is 5.82 Å². The summed E-state index contributed by atoms with van der Waals surface area (Å²) in [7, 11) is 0. The van der Waals surface area contributed by atoms with Crippen LogP contribution in [0.25, 0.3) is 0 Å². The van der Waals surface area contributed by atoms with Gasteiger partial charge in [-0.2, -0.15) is 0 Å². The average molecular weight is 309 g/mol. The molecule has 94 valence electrons. The summed E-state index contributed by atoms with van der Waals surface area (Å²) in [5.41, 5.74) is 1.66. The van der Waals surface area contributed by atoms with Crippen molar-refractivity contribution in [2.24, 2.45) is 0 Å². The van der Waals surface area contributed by atoms with Crippen LogP contribution < -0.4 is 0 Å². The van der Waals surface area contributed by atoms with Crippen molar-refractivity contribution in [2.75, 3.05) is 6.61 Å². The van der Waals surface area contributed by atoms with E-state index < -0.39 is 0 Å². The minimum absolute atomic E-state index is 0.00989. The van der Waals surface area contributed by atoms with Gasteiger partial charge in [0.1, 0.15) is 5.82 Å². The van der Waals surface area contributed by atoms with Crippen molar-refractivity contribution in [3.05, 3.63) is 69.9 Å². The second-order valence-electron chi connectivity index (χ2n) is 4.23. The summed E-state index contributed by atoms with van der Waals surface area (Å²) in [5, 5.41) is 9.47. The maximum absolute atomic E-state index is 13.6. The van der Waals surface area contributed by atoms with Crippen molar-refractivity contribution in [2.45, 2.75) is 12.3 Å². The van der Waals surface area contributed by atoms with Gasteiger partial charge >= 0.3 is 0 Å². The average Bonchev–Trinajstić information content (AvgIpc) is 2.39. The molecule has 1 nitrogen and oxygen atoms in total. The summed E-state index contributed by atoms with van der Waals surface area (Å²) < 4.78 is 14.6. The van der Waals surface area contributed by atoms with Gasteiger partial charge in [0.25, 0.3) is 0 Å².